The molecule has 0 radical (unpaired) electrons. The number of likely N-dealkylation sites (tertiary alicyclic amines) is 1. The molecule has 1 aromatic rings. The highest BCUT2D eigenvalue weighted by molar-refractivity contribution is 9.10. The molecule has 2 rings (SSSR count). The number of Topliss-reactive ketones (excluding diaryl/α,β-unsaturated/α-hetero) is 1. The molecule has 0 aromatic heterocycles. The van der Waals surface area contributed by atoms with Crippen molar-refractivity contribution in [2.45, 2.75) is 18.9 Å². The molecule has 1 heterocycles. The van der Waals surface area contributed by atoms with Crippen LogP contribution < -0.4 is 0 Å². The Kier molecular flexibility index (Phi) is 3.99. The predicted octanol–water partition coefficient (Wildman–Crippen LogP) is 1.71. The molecule has 1 saturated heterocycles. The zero-order valence-corrected chi connectivity index (χ0v) is 11.6. The van der Waals surface area contributed by atoms with Gasteiger partial charge in [-0.25, -0.2) is 4.79 Å². The molecular weight excluding hydrogens is 314 g/mol. The number of ketones is 1. The Morgan fingerprint density at radius 3 is 2.47 bits per heavy atom. The molecule has 0 saturated carbocycles. The zero-order valence-electron chi connectivity index (χ0n) is 10.0. The van der Waals surface area contributed by atoms with Crippen LogP contribution in [0.25, 0.3) is 0 Å². The highest BCUT2D eigenvalue weighted by Gasteiger charge is 2.35. The molecule has 1 unspecified atom stereocenters. The zero-order chi connectivity index (χ0) is 14.0. The average Bonchev–Trinajstić information content (AvgIpc) is 2.38. The summed E-state index contributed by atoms with van der Waals surface area (Å²) in [5.74, 6) is -1.61. The molecule has 1 aliphatic heterocycles. The lowest BCUT2D eigenvalue weighted by molar-refractivity contribution is -0.146. The van der Waals surface area contributed by atoms with E-state index in [4.69, 9.17) is 5.11 Å². The van der Waals surface area contributed by atoms with Gasteiger partial charge >= 0.3 is 5.97 Å². The van der Waals surface area contributed by atoms with Crippen LogP contribution in [0.15, 0.2) is 28.7 Å². The van der Waals surface area contributed by atoms with Crippen molar-refractivity contribution in [2.75, 3.05) is 6.54 Å². The lowest BCUT2D eigenvalue weighted by Crippen LogP contribution is -2.50. The van der Waals surface area contributed by atoms with Crippen LogP contribution in [0.5, 0.6) is 0 Å². The Morgan fingerprint density at radius 1 is 1.26 bits per heavy atom. The highest BCUT2D eigenvalue weighted by atomic mass is 79.9. The molecule has 100 valence electrons. The predicted molar refractivity (Wildman–Crippen MR) is 70.8 cm³/mol. The van der Waals surface area contributed by atoms with Crippen molar-refractivity contribution >= 4 is 33.6 Å². The lowest BCUT2D eigenvalue weighted by Gasteiger charge is -2.32. The Hall–Kier alpha value is -1.69. The van der Waals surface area contributed by atoms with Crippen LogP contribution in [-0.2, 0) is 9.59 Å². The number of hydrogen-bond donors (Lipinski definition) is 1. The summed E-state index contributed by atoms with van der Waals surface area (Å²) in [4.78, 5) is 36.0. The van der Waals surface area contributed by atoms with Crippen molar-refractivity contribution in [3.63, 3.8) is 0 Å². The summed E-state index contributed by atoms with van der Waals surface area (Å²) in [6, 6.07) is 5.64. The first kappa shape index (κ1) is 13.7. The Labute approximate surface area is 118 Å². The Balaban J connectivity index is 2.23. The minimum atomic E-state index is -1.14. The second-order valence-electron chi connectivity index (χ2n) is 4.35. The van der Waals surface area contributed by atoms with Crippen molar-refractivity contribution < 1.29 is 19.5 Å². The normalized spacial score (nSPS) is 19.3. The number of amides is 1. The number of aliphatic carboxylic acids is 1. The van der Waals surface area contributed by atoms with E-state index in [0.717, 1.165) is 4.47 Å². The third-order valence-electron chi connectivity index (χ3n) is 3.07. The molecule has 1 amide bonds. The summed E-state index contributed by atoms with van der Waals surface area (Å²) >= 11 is 3.27. The number of hydrogen-bond acceptors (Lipinski definition) is 3. The number of rotatable bonds is 2. The number of halogens is 1. The maximum Gasteiger partial charge on any atom is 0.326 e. The fraction of sp³-hybridized carbons (Fsp3) is 0.308. The van der Waals surface area contributed by atoms with E-state index in [9.17, 15) is 14.4 Å². The van der Waals surface area contributed by atoms with Gasteiger partial charge in [-0.15, -0.1) is 0 Å². The van der Waals surface area contributed by atoms with E-state index in [2.05, 4.69) is 15.9 Å². The molecule has 1 aromatic carbocycles. The van der Waals surface area contributed by atoms with Crippen molar-refractivity contribution in [3.8, 4) is 0 Å². The van der Waals surface area contributed by atoms with Crippen LogP contribution >= 0.6 is 15.9 Å². The fourth-order valence-corrected chi connectivity index (χ4v) is 2.32. The molecule has 6 heteroatoms. The van der Waals surface area contributed by atoms with Gasteiger partial charge in [0.1, 0.15) is 11.8 Å². The summed E-state index contributed by atoms with van der Waals surface area (Å²) in [6.45, 7) is 0.157. The molecule has 0 spiro atoms. The molecular formula is C13H12BrNO4. The third kappa shape index (κ3) is 3.01. The Bertz CT molecular complexity index is 526. The summed E-state index contributed by atoms with van der Waals surface area (Å²) in [5.41, 5.74) is 0.420. The topological polar surface area (TPSA) is 74.7 Å². The molecule has 19 heavy (non-hydrogen) atoms. The van der Waals surface area contributed by atoms with E-state index in [1.54, 1.807) is 24.3 Å². The van der Waals surface area contributed by atoms with Crippen molar-refractivity contribution in [1.82, 2.24) is 4.90 Å². The maximum atomic E-state index is 12.3. The molecule has 0 aliphatic carbocycles. The molecule has 1 N–H and O–H groups in total. The first-order valence-corrected chi connectivity index (χ1v) is 6.59. The van der Waals surface area contributed by atoms with Crippen LogP contribution in [0.1, 0.15) is 23.2 Å². The minimum absolute atomic E-state index is 0.113. The largest absolute Gasteiger partial charge is 0.480 e. The smallest absolute Gasteiger partial charge is 0.326 e. The average molecular weight is 326 g/mol. The van der Waals surface area contributed by atoms with Gasteiger partial charge in [-0.05, 0) is 24.3 Å². The van der Waals surface area contributed by atoms with Crippen molar-refractivity contribution in [3.05, 3.63) is 34.3 Å². The number of nitrogens with zero attached hydrogens (tertiary/aromatic N) is 1. The van der Waals surface area contributed by atoms with Crippen LogP contribution in [0, 0.1) is 0 Å². The van der Waals surface area contributed by atoms with E-state index >= 15 is 0 Å². The number of carboxylic acids is 1. The van der Waals surface area contributed by atoms with E-state index in [-0.39, 0.29) is 31.1 Å². The fourth-order valence-electron chi connectivity index (χ4n) is 2.05. The molecule has 1 fully saturated rings. The number of carbonyl (C=O) groups is 3. The van der Waals surface area contributed by atoms with E-state index in [1.165, 1.54) is 4.90 Å². The molecule has 5 nitrogen and oxygen atoms in total. The van der Waals surface area contributed by atoms with E-state index < -0.39 is 12.0 Å². The summed E-state index contributed by atoms with van der Waals surface area (Å²) in [7, 11) is 0. The lowest BCUT2D eigenvalue weighted by atomic mass is 10.00. The third-order valence-corrected chi connectivity index (χ3v) is 3.59. The number of piperidine rings is 1. The SMILES string of the molecule is O=C1CCN(C(=O)c2ccc(Br)cc2)C(C(=O)O)C1. The number of carbonyl (C=O) groups excluding carboxylic acids is 2. The van der Waals surface area contributed by atoms with Gasteiger partial charge in [0.15, 0.2) is 0 Å². The van der Waals surface area contributed by atoms with Crippen molar-refractivity contribution in [2.24, 2.45) is 0 Å². The van der Waals surface area contributed by atoms with E-state index in [0.29, 0.717) is 5.56 Å². The van der Waals surface area contributed by atoms with Gasteiger partial charge in [-0.3, -0.25) is 9.59 Å². The van der Waals surface area contributed by atoms with Gasteiger partial charge in [-0.1, -0.05) is 15.9 Å². The molecule has 1 atom stereocenters. The highest BCUT2D eigenvalue weighted by Crippen LogP contribution is 2.19. The monoisotopic (exact) mass is 325 g/mol. The van der Waals surface area contributed by atoms with E-state index in [1.807, 2.05) is 0 Å². The second kappa shape index (κ2) is 5.52. The maximum absolute atomic E-state index is 12.3. The van der Waals surface area contributed by atoms with Crippen LogP contribution in [-0.4, -0.2) is 40.3 Å². The molecule has 0 bridgehead atoms. The Morgan fingerprint density at radius 2 is 1.89 bits per heavy atom. The van der Waals surface area contributed by atoms with Crippen molar-refractivity contribution in [1.29, 1.82) is 0 Å². The standard InChI is InChI=1S/C13H12BrNO4/c14-9-3-1-8(2-4-9)12(17)15-6-5-10(16)7-11(15)13(18)19/h1-4,11H,5-7H2,(H,18,19). The van der Waals surface area contributed by atoms with Gasteiger partial charge in [0.25, 0.3) is 5.91 Å². The number of benzene rings is 1. The minimum Gasteiger partial charge on any atom is -0.480 e. The summed E-state index contributed by atoms with van der Waals surface area (Å²) < 4.78 is 0.840. The first-order valence-electron chi connectivity index (χ1n) is 5.80. The molecule has 1 aliphatic rings. The van der Waals surface area contributed by atoms with Crippen LogP contribution in [0.2, 0.25) is 0 Å². The van der Waals surface area contributed by atoms with Crippen LogP contribution in [0.3, 0.4) is 0 Å². The first-order chi connectivity index (χ1) is 8.99. The van der Waals surface area contributed by atoms with Gasteiger partial charge < -0.3 is 10.0 Å². The van der Waals surface area contributed by atoms with Gasteiger partial charge in [0.2, 0.25) is 0 Å². The quantitative estimate of drug-likeness (QED) is 0.898. The summed E-state index contributed by atoms with van der Waals surface area (Å²) in [6.07, 6.45) is 0.101. The summed E-state index contributed by atoms with van der Waals surface area (Å²) in [5, 5.41) is 9.11. The van der Waals surface area contributed by atoms with Crippen LogP contribution in [0.4, 0.5) is 0 Å². The number of carboxylic acid groups (broad SMARTS) is 1. The van der Waals surface area contributed by atoms with Gasteiger partial charge in [0.05, 0.1) is 0 Å². The van der Waals surface area contributed by atoms with Gasteiger partial charge in [0, 0.05) is 29.4 Å². The second-order valence-corrected chi connectivity index (χ2v) is 5.27. The van der Waals surface area contributed by atoms with Gasteiger partial charge in [-0.2, -0.15) is 0 Å².